The molecule has 1 aliphatic heterocycles. The third-order valence-electron chi connectivity index (χ3n) is 2.98. The first-order valence-corrected chi connectivity index (χ1v) is 6.37. The van der Waals surface area contributed by atoms with Crippen molar-refractivity contribution in [2.45, 2.75) is 0 Å². The zero-order valence-electron chi connectivity index (χ0n) is 9.76. The molecule has 3 nitrogen and oxygen atoms in total. The Morgan fingerprint density at radius 1 is 1.18 bits per heavy atom. The minimum atomic E-state index is 0.583. The largest absolute Gasteiger partial charge is 0.497 e. The van der Waals surface area contributed by atoms with Crippen molar-refractivity contribution in [3.63, 3.8) is 0 Å². The highest BCUT2D eigenvalue weighted by molar-refractivity contribution is 8.00. The fourth-order valence-corrected chi connectivity index (χ4v) is 2.31. The number of nitrogens with zero attached hydrogens (tertiary/aromatic N) is 2. The number of ether oxygens (including phenoxy) is 1. The lowest BCUT2D eigenvalue weighted by atomic mass is 10.2. The van der Waals surface area contributed by atoms with Crippen LogP contribution in [-0.4, -0.2) is 42.5 Å². The number of anilines is 1. The molecule has 92 valence electrons. The average molecular weight is 267 g/mol. The predicted octanol–water partition coefficient (Wildman–Crippen LogP) is 1.65. The molecule has 1 aromatic carbocycles. The van der Waals surface area contributed by atoms with Crippen LogP contribution in [0.5, 0.6) is 5.75 Å². The molecule has 5 heteroatoms. The summed E-state index contributed by atoms with van der Waals surface area (Å²) in [6, 6.07) is 8.14. The first kappa shape index (κ1) is 12.4. The summed E-state index contributed by atoms with van der Waals surface area (Å²) in [5.41, 5.74) is 1.22. The average Bonchev–Trinajstić information content (AvgIpc) is 2.39. The molecule has 0 bridgehead atoms. The molecule has 0 atom stereocenters. The molecule has 0 aliphatic carbocycles. The van der Waals surface area contributed by atoms with Gasteiger partial charge in [-0.3, -0.25) is 0 Å². The first-order chi connectivity index (χ1) is 8.20. The number of rotatable bonds is 2. The van der Waals surface area contributed by atoms with Gasteiger partial charge in [0.05, 0.1) is 7.11 Å². The summed E-state index contributed by atoms with van der Waals surface area (Å²) in [5.74, 6) is 0.888. The standard InChI is InChI=1S/C12H16N2OS2/c1-15-11-4-2-10(3-5-11)13-6-8-14(9-7-13)12(16)17/h2-5H,6-9H2,1H3,(H,16,17)/p-1. The van der Waals surface area contributed by atoms with Crippen molar-refractivity contribution < 1.29 is 4.74 Å². The summed E-state index contributed by atoms with van der Waals surface area (Å²) in [5, 5.41) is 0. The van der Waals surface area contributed by atoms with E-state index < -0.39 is 0 Å². The van der Waals surface area contributed by atoms with Crippen molar-refractivity contribution in [1.82, 2.24) is 4.90 Å². The maximum absolute atomic E-state index is 5.15. The Balaban J connectivity index is 1.97. The summed E-state index contributed by atoms with van der Waals surface area (Å²) in [7, 11) is 1.68. The molecule has 1 aromatic rings. The van der Waals surface area contributed by atoms with Crippen molar-refractivity contribution in [1.29, 1.82) is 0 Å². The molecule has 1 fully saturated rings. The summed E-state index contributed by atoms with van der Waals surface area (Å²) >= 11 is 10.0. The minimum absolute atomic E-state index is 0.583. The maximum atomic E-state index is 5.15. The summed E-state index contributed by atoms with van der Waals surface area (Å²) in [6.07, 6.45) is 0. The maximum Gasteiger partial charge on any atom is 0.119 e. The van der Waals surface area contributed by atoms with E-state index in [1.54, 1.807) is 7.11 Å². The van der Waals surface area contributed by atoms with Crippen LogP contribution < -0.4 is 9.64 Å². The molecule has 0 amide bonds. The van der Waals surface area contributed by atoms with Gasteiger partial charge >= 0.3 is 0 Å². The van der Waals surface area contributed by atoms with Crippen molar-refractivity contribution in [3.05, 3.63) is 24.3 Å². The predicted molar refractivity (Wildman–Crippen MR) is 76.7 cm³/mol. The zero-order valence-corrected chi connectivity index (χ0v) is 11.4. The van der Waals surface area contributed by atoms with Crippen LogP contribution in [-0.2, 0) is 12.6 Å². The van der Waals surface area contributed by atoms with Gasteiger partial charge in [-0.25, -0.2) is 0 Å². The third-order valence-corrected chi connectivity index (χ3v) is 3.49. The number of hydrogen-bond acceptors (Lipinski definition) is 4. The third kappa shape index (κ3) is 2.98. The quantitative estimate of drug-likeness (QED) is 0.596. The Hall–Kier alpha value is -1.07. The van der Waals surface area contributed by atoms with Gasteiger partial charge in [0, 0.05) is 31.9 Å². The van der Waals surface area contributed by atoms with Crippen LogP contribution in [0.4, 0.5) is 5.69 Å². The van der Waals surface area contributed by atoms with E-state index >= 15 is 0 Å². The number of hydrogen-bond donors (Lipinski definition) is 0. The molecular weight excluding hydrogens is 252 g/mol. The van der Waals surface area contributed by atoms with Crippen molar-refractivity contribution in [2.75, 3.05) is 38.2 Å². The first-order valence-electron chi connectivity index (χ1n) is 5.55. The van der Waals surface area contributed by atoms with E-state index in [9.17, 15) is 0 Å². The molecule has 0 N–H and O–H groups in total. The summed E-state index contributed by atoms with van der Waals surface area (Å²) in [4.78, 5) is 4.41. The molecule has 1 saturated heterocycles. The van der Waals surface area contributed by atoms with Crippen LogP contribution in [0.2, 0.25) is 0 Å². The Bertz CT molecular complexity index is 386. The molecule has 17 heavy (non-hydrogen) atoms. The molecular formula is C12H15N2OS2-. The van der Waals surface area contributed by atoms with E-state index in [-0.39, 0.29) is 0 Å². The van der Waals surface area contributed by atoms with Gasteiger partial charge in [-0.1, -0.05) is 4.32 Å². The lowest BCUT2D eigenvalue weighted by Gasteiger charge is -2.39. The second-order valence-corrected chi connectivity index (χ2v) is 4.97. The molecule has 0 spiro atoms. The molecule has 1 heterocycles. The molecule has 0 unspecified atom stereocenters. The van der Waals surface area contributed by atoms with E-state index in [1.807, 2.05) is 12.1 Å². The molecule has 0 aromatic heterocycles. The fourth-order valence-electron chi connectivity index (χ4n) is 1.94. The van der Waals surface area contributed by atoms with Gasteiger partial charge in [0.2, 0.25) is 0 Å². The lowest BCUT2D eigenvalue weighted by molar-refractivity contribution is 0.397. The van der Waals surface area contributed by atoms with Gasteiger partial charge in [0.25, 0.3) is 0 Å². The second kappa shape index (κ2) is 5.51. The van der Waals surface area contributed by atoms with Crippen molar-refractivity contribution in [3.8, 4) is 5.75 Å². The van der Waals surface area contributed by atoms with E-state index in [0.717, 1.165) is 31.9 Å². The SMILES string of the molecule is COc1ccc(N2CCN(C(=S)[S-])CC2)cc1. The van der Waals surface area contributed by atoms with Gasteiger partial charge in [-0.15, -0.1) is 0 Å². The van der Waals surface area contributed by atoms with E-state index in [2.05, 4.69) is 21.9 Å². The highest BCUT2D eigenvalue weighted by Crippen LogP contribution is 2.20. The van der Waals surface area contributed by atoms with Crippen LogP contribution in [0.1, 0.15) is 0 Å². The molecule has 0 radical (unpaired) electrons. The Labute approximate surface area is 113 Å². The Kier molecular flexibility index (Phi) is 4.02. The van der Waals surface area contributed by atoms with Gasteiger partial charge in [-0.05, 0) is 24.3 Å². The minimum Gasteiger partial charge on any atom is -0.497 e. The van der Waals surface area contributed by atoms with E-state index in [1.165, 1.54) is 5.69 Å². The Morgan fingerprint density at radius 3 is 2.24 bits per heavy atom. The highest BCUT2D eigenvalue weighted by Gasteiger charge is 2.15. The highest BCUT2D eigenvalue weighted by atomic mass is 32.1. The van der Waals surface area contributed by atoms with Crippen LogP contribution >= 0.6 is 12.2 Å². The van der Waals surface area contributed by atoms with Crippen LogP contribution in [0.3, 0.4) is 0 Å². The van der Waals surface area contributed by atoms with Gasteiger partial charge in [0.1, 0.15) is 5.75 Å². The fraction of sp³-hybridized carbons (Fsp3) is 0.417. The lowest BCUT2D eigenvalue weighted by Crippen LogP contribution is -2.47. The monoisotopic (exact) mass is 267 g/mol. The van der Waals surface area contributed by atoms with Crippen LogP contribution in [0, 0.1) is 0 Å². The summed E-state index contributed by atoms with van der Waals surface area (Å²) in [6.45, 7) is 3.74. The van der Waals surface area contributed by atoms with E-state index in [4.69, 9.17) is 29.6 Å². The Morgan fingerprint density at radius 2 is 1.76 bits per heavy atom. The van der Waals surface area contributed by atoms with Gasteiger partial charge < -0.3 is 39.4 Å². The van der Waals surface area contributed by atoms with Crippen LogP contribution in [0.25, 0.3) is 0 Å². The topological polar surface area (TPSA) is 15.7 Å². The van der Waals surface area contributed by atoms with Crippen LogP contribution in [0.15, 0.2) is 24.3 Å². The summed E-state index contributed by atoms with van der Waals surface area (Å²) < 4.78 is 5.73. The number of piperazine rings is 1. The van der Waals surface area contributed by atoms with Gasteiger partial charge in [-0.2, -0.15) is 0 Å². The van der Waals surface area contributed by atoms with E-state index in [0.29, 0.717) is 4.32 Å². The normalized spacial score (nSPS) is 15.8. The van der Waals surface area contributed by atoms with Crippen molar-refractivity contribution in [2.24, 2.45) is 0 Å². The molecule has 1 aliphatic rings. The number of thiocarbonyl (C=S) groups is 1. The van der Waals surface area contributed by atoms with Gasteiger partial charge in [0.15, 0.2) is 0 Å². The molecule has 0 saturated carbocycles. The van der Waals surface area contributed by atoms with Crippen molar-refractivity contribution >= 4 is 34.9 Å². The zero-order chi connectivity index (χ0) is 12.3. The number of benzene rings is 1. The number of methoxy groups -OCH3 is 1. The molecule has 2 rings (SSSR count). The smallest absolute Gasteiger partial charge is 0.119 e. The second-order valence-electron chi connectivity index (χ2n) is 3.94.